The van der Waals surface area contributed by atoms with Crippen molar-refractivity contribution in [2.45, 2.75) is 30.2 Å². The molecule has 0 radical (unpaired) electrons. The fourth-order valence-corrected chi connectivity index (χ4v) is 5.44. The average Bonchev–Trinajstić information content (AvgIpc) is 2.68. The molecule has 0 saturated heterocycles. The molecule has 1 aromatic rings. The minimum atomic E-state index is -4.03. The largest absolute Gasteiger partial charge is 0.493 e. The van der Waals surface area contributed by atoms with Gasteiger partial charge in [-0.2, -0.15) is 0 Å². The van der Waals surface area contributed by atoms with Crippen LogP contribution in [0.15, 0.2) is 51.8 Å². The molecule has 3 N–H and O–H groups in total. The van der Waals surface area contributed by atoms with Crippen LogP contribution in [0.3, 0.4) is 0 Å². The second-order valence-electron chi connectivity index (χ2n) is 7.00. The Kier molecular flexibility index (Phi) is 6.13. The highest BCUT2D eigenvalue weighted by Crippen LogP contribution is 2.39. The van der Waals surface area contributed by atoms with Crippen molar-refractivity contribution in [2.75, 3.05) is 20.0 Å². The van der Waals surface area contributed by atoms with E-state index >= 15 is 0 Å². The number of allylic oxidation sites excluding steroid dienone is 2. The van der Waals surface area contributed by atoms with Gasteiger partial charge in [0, 0.05) is 17.7 Å². The van der Waals surface area contributed by atoms with Crippen LogP contribution in [0.25, 0.3) is 0 Å². The molecule has 0 bridgehead atoms. The highest BCUT2D eigenvalue weighted by Gasteiger charge is 2.37. The molecule has 1 aliphatic carbocycles. The predicted octanol–water partition coefficient (Wildman–Crippen LogP) is 2.95. The van der Waals surface area contributed by atoms with Gasteiger partial charge in [-0.25, -0.2) is 12.8 Å². The lowest BCUT2D eigenvalue weighted by Gasteiger charge is -2.36. The van der Waals surface area contributed by atoms with Crippen LogP contribution in [0.5, 0.6) is 11.5 Å². The smallest absolute Gasteiger partial charge is 0.262 e. The number of nitrogens with one attached hydrogen (secondary N) is 1. The molecular weight excluding hydrogens is 417 g/mol. The van der Waals surface area contributed by atoms with Gasteiger partial charge in [0.05, 0.1) is 30.4 Å². The molecule has 0 saturated carbocycles. The number of rotatable bonds is 6. The van der Waals surface area contributed by atoms with Gasteiger partial charge in [-0.1, -0.05) is 17.8 Å². The second kappa shape index (κ2) is 8.27. The van der Waals surface area contributed by atoms with Gasteiger partial charge in [0.25, 0.3) is 10.0 Å². The summed E-state index contributed by atoms with van der Waals surface area (Å²) in [6, 6.07) is 4.18. The van der Waals surface area contributed by atoms with E-state index in [4.69, 9.17) is 15.2 Å². The van der Waals surface area contributed by atoms with Crippen LogP contribution in [0.1, 0.15) is 19.8 Å². The summed E-state index contributed by atoms with van der Waals surface area (Å²) in [4.78, 5) is 4.49. The van der Waals surface area contributed by atoms with E-state index in [9.17, 15) is 12.8 Å². The second-order valence-corrected chi connectivity index (χ2v) is 9.80. The first-order valence-corrected chi connectivity index (χ1v) is 11.5. The van der Waals surface area contributed by atoms with Gasteiger partial charge in [0.2, 0.25) is 0 Å². The predicted molar refractivity (Wildman–Crippen MR) is 112 cm³/mol. The van der Waals surface area contributed by atoms with Crippen LogP contribution >= 0.6 is 11.8 Å². The van der Waals surface area contributed by atoms with Crippen molar-refractivity contribution in [2.24, 2.45) is 16.6 Å². The molecule has 29 heavy (non-hydrogen) atoms. The van der Waals surface area contributed by atoms with Crippen LogP contribution in [-0.2, 0) is 10.0 Å². The maximum Gasteiger partial charge on any atom is 0.262 e. The summed E-state index contributed by atoms with van der Waals surface area (Å²) in [5.74, 6) is 0.683. The Morgan fingerprint density at radius 1 is 1.31 bits per heavy atom. The summed E-state index contributed by atoms with van der Waals surface area (Å²) in [6.07, 6.45) is 4.17. The van der Waals surface area contributed by atoms with Crippen molar-refractivity contribution < 1.29 is 22.3 Å². The van der Waals surface area contributed by atoms with Gasteiger partial charge in [0.1, 0.15) is 5.83 Å². The number of ether oxygens (including phenoxy) is 2. The average molecular weight is 442 g/mol. The fraction of sp³-hybridized carbons (Fsp3) is 0.421. The topological polar surface area (TPSA) is 103 Å². The molecule has 0 amide bonds. The van der Waals surface area contributed by atoms with Crippen molar-refractivity contribution in [1.29, 1.82) is 0 Å². The lowest BCUT2D eigenvalue weighted by atomic mass is 9.79. The zero-order valence-electron chi connectivity index (χ0n) is 16.4. The van der Waals surface area contributed by atoms with Crippen molar-refractivity contribution >= 4 is 27.0 Å². The Balaban J connectivity index is 1.90. The normalized spacial score (nSPS) is 24.8. The van der Waals surface area contributed by atoms with Crippen molar-refractivity contribution in [1.82, 2.24) is 4.72 Å². The van der Waals surface area contributed by atoms with Crippen molar-refractivity contribution in [3.63, 3.8) is 0 Å². The summed E-state index contributed by atoms with van der Waals surface area (Å²) in [5.41, 5.74) is 5.28. The Morgan fingerprint density at radius 3 is 2.69 bits per heavy atom. The lowest BCUT2D eigenvalue weighted by molar-refractivity contribution is 0.336. The number of benzene rings is 1. The van der Waals surface area contributed by atoms with Crippen LogP contribution in [-0.4, -0.2) is 39.1 Å². The standard InChI is InChI=1S/C19H24FN3O4S2/c1-19(8-9-28-18(21)22-19)12-4-6-14(20)15(10-12)23-29(24,25)13-5-7-16(26-2)17(11-13)27-3/h5-7,10-12,23H,4,8-9H2,1-3H3,(H2,21,22). The molecule has 0 fully saturated rings. The molecular formula is C19H24FN3O4S2. The number of amidine groups is 1. The summed E-state index contributed by atoms with van der Waals surface area (Å²) < 4.78 is 52.8. The number of hydrogen-bond donors (Lipinski definition) is 2. The van der Waals surface area contributed by atoms with Gasteiger partial charge in [0.15, 0.2) is 16.7 Å². The van der Waals surface area contributed by atoms with E-state index < -0.39 is 21.4 Å². The van der Waals surface area contributed by atoms with Crippen molar-refractivity contribution in [3.05, 3.63) is 41.9 Å². The zero-order chi connectivity index (χ0) is 21.2. The first-order chi connectivity index (χ1) is 13.7. The lowest BCUT2D eigenvalue weighted by Crippen LogP contribution is -2.39. The van der Waals surface area contributed by atoms with Crippen molar-refractivity contribution in [3.8, 4) is 11.5 Å². The highest BCUT2D eigenvalue weighted by molar-refractivity contribution is 8.13. The van der Waals surface area contributed by atoms with Gasteiger partial charge in [-0.05, 0) is 38.0 Å². The molecule has 1 heterocycles. The van der Waals surface area contributed by atoms with Gasteiger partial charge in [-0.15, -0.1) is 0 Å². The molecule has 7 nitrogen and oxygen atoms in total. The molecule has 0 spiro atoms. The molecule has 158 valence electrons. The third-order valence-corrected chi connectivity index (χ3v) is 7.27. The molecule has 2 atom stereocenters. The molecule has 10 heteroatoms. The molecule has 0 aromatic heterocycles. The zero-order valence-corrected chi connectivity index (χ0v) is 18.1. The third kappa shape index (κ3) is 4.53. The first-order valence-electron chi connectivity index (χ1n) is 8.99. The van der Waals surface area contributed by atoms with Gasteiger partial charge < -0.3 is 15.2 Å². The van der Waals surface area contributed by atoms with Gasteiger partial charge >= 0.3 is 0 Å². The number of hydrogen-bond acceptors (Lipinski definition) is 7. The summed E-state index contributed by atoms with van der Waals surface area (Å²) in [6.45, 7) is 1.96. The first kappa shape index (κ1) is 21.5. The Morgan fingerprint density at radius 2 is 2.03 bits per heavy atom. The van der Waals surface area contributed by atoms with E-state index in [-0.39, 0.29) is 22.3 Å². The van der Waals surface area contributed by atoms with E-state index in [1.807, 2.05) is 6.92 Å². The quantitative estimate of drug-likeness (QED) is 0.704. The Bertz CT molecular complexity index is 991. The monoisotopic (exact) mass is 441 g/mol. The van der Waals surface area contributed by atoms with Gasteiger partial charge in [-0.3, -0.25) is 9.71 Å². The van der Waals surface area contributed by atoms with E-state index in [1.54, 1.807) is 6.08 Å². The third-order valence-electron chi connectivity index (χ3n) is 5.11. The summed E-state index contributed by atoms with van der Waals surface area (Å²) in [5, 5.41) is 0.495. The van der Waals surface area contributed by atoms with Crippen LogP contribution in [0, 0.1) is 5.92 Å². The number of nitrogens with zero attached hydrogens (tertiary/aromatic N) is 1. The van der Waals surface area contributed by atoms with E-state index in [1.165, 1.54) is 50.3 Å². The fourth-order valence-electron chi connectivity index (χ4n) is 3.36. The van der Waals surface area contributed by atoms with E-state index in [2.05, 4.69) is 9.71 Å². The van der Waals surface area contributed by atoms with Crippen LogP contribution in [0.2, 0.25) is 0 Å². The van der Waals surface area contributed by atoms with Crippen LogP contribution < -0.4 is 19.9 Å². The minimum Gasteiger partial charge on any atom is -0.493 e. The Labute approximate surface area is 174 Å². The molecule has 1 aromatic carbocycles. The maximum absolute atomic E-state index is 14.5. The number of methoxy groups -OCH3 is 2. The number of nitrogens with two attached hydrogens (primary N) is 1. The van der Waals surface area contributed by atoms with E-state index in [0.717, 1.165) is 12.2 Å². The number of halogens is 1. The maximum atomic E-state index is 14.5. The molecule has 2 aliphatic rings. The molecule has 3 rings (SSSR count). The summed E-state index contributed by atoms with van der Waals surface area (Å²) >= 11 is 1.48. The minimum absolute atomic E-state index is 0.0616. The SMILES string of the molecule is COc1ccc(S(=O)(=O)NC2=CC(C3(C)CCSC(N)=N3)CC=C2F)cc1OC. The Hall–Kier alpha value is -2.20. The number of aliphatic imine (C=N–C) groups is 1. The highest BCUT2D eigenvalue weighted by atomic mass is 32.2. The molecule has 2 unspecified atom stereocenters. The van der Waals surface area contributed by atoms with Crippen LogP contribution in [0.4, 0.5) is 4.39 Å². The number of sulfonamides is 1. The van der Waals surface area contributed by atoms with E-state index in [0.29, 0.717) is 17.3 Å². The number of thioether (sulfide) groups is 1. The summed E-state index contributed by atoms with van der Waals surface area (Å²) in [7, 11) is -1.17. The molecule has 1 aliphatic heterocycles.